The highest BCUT2D eigenvalue weighted by atomic mass is 16.7. The van der Waals surface area contributed by atoms with E-state index in [-0.39, 0.29) is 12.9 Å². The van der Waals surface area contributed by atoms with Crippen LogP contribution in [0, 0.1) is 12.3 Å². The van der Waals surface area contributed by atoms with Gasteiger partial charge in [-0.3, -0.25) is 0 Å². The number of ether oxygens (including phenoxy) is 2. The Balaban J connectivity index is 3.80. The summed E-state index contributed by atoms with van der Waals surface area (Å²) in [5.74, 6) is 2.46. The van der Waals surface area contributed by atoms with Crippen LogP contribution in [0.15, 0.2) is 0 Å². The molecule has 0 bridgehead atoms. The molecule has 0 saturated carbocycles. The number of unbranched alkanes of at least 4 members (excludes halogenated alkanes) is 4. The molecule has 100 valence electrons. The van der Waals surface area contributed by atoms with Gasteiger partial charge in [0.2, 0.25) is 0 Å². The number of methoxy groups -OCH3 is 1. The van der Waals surface area contributed by atoms with E-state index in [1.165, 1.54) is 25.7 Å². The highest BCUT2D eigenvalue weighted by molar-refractivity contribution is 4.89. The fourth-order valence-electron chi connectivity index (χ4n) is 1.74. The minimum atomic E-state index is -0.582. The standard InChI is InChI=1S/C14H26O3/c1-4-6-7-8-9-11-14(17-12-16-3)13(15)10-5-2/h2,13-15H,4,6-12H2,1,3H3/t13-,14-/m0/s1. The van der Waals surface area contributed by atoms with Gasteiger partial charge >= 0.3 is 0 Å². The van der Waals surface area contributed by atoms with Gasteiger partial charge in [-0.05, 0) is 6.42 Å². The molecule has 0 radical (unpaired) electrons. The van der Waals surface area contributed by atoms with E-state index < -0.39 is 6.10 Å². The highest BCUT2D eigenvalue weighted by Gasteiger charge is 2.18. The molecule has 3 heteroatoms. The van der Waals surface area contributed by atoms with Crippen molar-refractivity contribution in [3.8, 4) is 12.3 Å². The smallest absolute Gasteiger partial charge is 0.146 e. The first-order chi connectivity index (χ1) is 8.26. The summed E-state index contributed by atoms with van der Waals surface area (Å²) in [6.45, 7) is 2.41. The monoisotopic (exact) mass is 242 g/mol. The van der Waals surface area contributed by atoms with Crippen molar-refractivity contribution >= 4 is 0 Å². The van der Waals surface area contributed by atoms with Crippen molar-refractivity contribution < 1.29 is 14.6 Å². The third-order valence-corrected chi connectivity index (χ3v) is 2.75. The molecular weight excluding hydrogens is 216 g/mol. The van der Waals surface area contributed by atoms with E-state index in [1.807, 2.05) is 0 Å². The first-order valence-corrected chi connectivity index (χ1v) is 6.48. The minimum Gasteiger partial charge on any atom is -0.389 e. The van der Waals surface area contributed by atoms with Crippen LogP contribution in [0.3, 0.4) is 0 Å². The summed E-state index contributed by atoms with van der Waals surface area (Å²) in [6, 6.07) is 0. The molecule has 1 N–H and O–H groups in total. The SMILES string of the molecule is C#CC[C@H](O)[C@H](CCCCCCC)OCOC. The number of rotatable bonds is 11. The average Bonchev–Trinajstić information content (AvgIpc) is 2.33. The molecule has 0 spiro atoms. The van der Waals surface area contributed by atoms with Gasteiger partial charge in [-0.25, -0.2) is 0 Å². The summed E-state index contributed by atoms with van der Waals surface area (Å²) in [6.07, 6.45) is 11.6. The van der Waals surface area contributed by atoms with Gasteiger partial charge in [-0.2, -0.15) is 0 Å². The fourth-order valence-corrected chi connectivity index (χ4v) is 1.74. The molecule has 0 aromatic heterocycles. The van der Waals surface area contributed by atoms with Gasteiger partial charge in [0, 0.05) is 13.5 Å². The third-order valence-electron chi connectivity index (χ3n) is 2.75. The van der Waals surface area contributed by atoms with E-state index in [2.05, 4.69) is 12.8 Å². The lowest BCUT2D eigenvalue weighted by atomic mass is 10.0. The Morgan fingerprint density at radius 1 is 1.24 bits per heavy atom. The van der Waals surface area contributed by atoms with Crippen molar-refractivity contribution in [2.75, 3.05) is 13.9 Å². The highest BCUT2D eigenvalue weighted by Crippen LogP contribution is 2.14. The molecule has 2 atom stereocenters. The number of terminal acetylenes is 1. The molecule has 0 saturated heterocycles. The third kappa shape index (κ3) is 9.17. The lowest BCUT2D eigenvalue weighted by molar-refractivity contribution is -0.114. The zero-order chi connectivity index (χ0) is 12.9. The van der Waals surface area contributed by atoms with Crippen LogP contribution in [0.2, 0.25) is 0 Å². The van der Waals surface area contributed by atoms with E-state index in [1.54, 1.807) is 7.11 Å². The second-order valence-electron chi connectivity index (χ2n) is 4.29. The summed E-state index contributed by atoms with van der Waals surface area (Å²) in [5, 5.41) is 9.82. The molecule has 0 aromatic rings. The molecule has 0 fully saturated rings. The van der Waals surface area contributed by atoms with Gasteiger partial charge in [-0.15, -0.1) is 12.3 Å². The van der Waals surface area contributed by atoms with Crippen molar-refractivity contribution in [2.45, 2.75) is 64.1 Å². The van der Waals surface area contributed by atoms with E-state index >= 15 is 0 Å². The Morgan fingerprint density at radius 2 is 1.94 bits per heavy atom. The normalized spacial score (nSPS) is 14.2. The largest absolute Gasteiger partial charge is 0.389 e. The Labute approximate surface area is 106 Å². The zero-order valence-corrected chi connectivity index (χ0v) is 11.2. The number of aliphatic hydroxyl groups excluding tert-OH is 1. The van der Waals surface area contributed by atoms with Crippen LogP contribution < -0.4 is 0 Å². The average molecular weight is 242 g/mol. The molecule has 0 rings (SSSR count). The van der Waals surface area contributed by atoms with Crippen molar-refractivity contribution in [2.24, 2.45) is 0 Å². The van der Waals surface area contributed by atoms with E-state index in [0.717, 1.165) is 12.8 Å². The van der Waals surface area contributed by atoms with Crippen LogP contribution in [0.25, 0.3) is 0 Å². The summed E-state index contributed by atoms with van der Waals surface area (Å²) in [4.78, 5) is 0. The molecule has 3 nitrogen and oxygen atoms in total. The summed E-state index contributed by atoms with van der Waals surface area (Å²) in [5.41, 5.74) is 0. The molecule has 0 aliphatic rings. The van der Waals surface area contributed by atoms with Gasteiger partial charge in [0.05, 0.1) is 12.2 Å². The topological polar surface area (TPSA) is 38.7 Å². The predicted octanol–water partition coefficient (Wildman–Crippen LogP) is 2.72. The van der Waals surface area contributed by atoms with E-state index in [0.29, 0.717) is 6.42 Å². The molecule has 0 unspecified atom stereocenters. The summed E-state index contributed by atoms with van der Waals surface area (Å²) < 4.78 is 10.3. The minimum absolute atomic E-state index is 0.201. The molecular formula is C14H26O3. The molecule has 0 heterocycles. The van der Waals surface area contributed by atoms with E-state index in [9.17, 15) is 5.11 Å². The van der Waals surface area contributed by atoms with Crippen molar-refractivity contribution in [1.29, 1.82) is 0 Å². The van der Waals surface area contributed by atoms with Crippen LogP contribution in [-0.2, 0) is 9.47 Å². The Kier molecular flexibility index (Phi) is 11.5. The Bertz CT molecular complexity index is 198. The maximum atomic E-state index is 9.82. The van der Waals surface area contributed by atoms with Gasteiger partial charge in [0.15, 0.2) is 0 Å². The molecule has 0 aromatic carbocycles. The zero-order valence-electron chi connectivity index (χ0n) is 11.2. The maximum Gasteiger partial charge on any atom is 0.146 e. The molecule has 0 amide bonds. The van der Waals surface area contributed by atoms with Crippen LogP contribution in [0.4, 0.5) is 0 Å². The molecule has 0 aliphatic heterocycles. The van der Waals surface area contributed by atoms with Gasteiger partial charge < -0.3 is 14.6 Å². The van der Waals surface area contributed by atoms with Crippen LogP contribution in [0.5, 0.6) is 0 Å². The van der Waals surface area contributed by atoms with Crippen molar-refractivity contribution in [3.63, 3.8) is 0 Å². The van der Waals surface area contributed by atoms with Crippen LogP contribution >= 0.6 is 0 Å². The first kappa shape index (κ1) is 16.4. The van der Waals surface area contributed by atoms with Gasteiger partial charge in [-0.1, -0.05) is 39.0 Å². The van der Waals surface area contributed by atoms with E-state index in [4.69, 9.17) is 15.9 Å². The lowest BCUT2D eigenvalue weighted by Crippen LogP contribution is -2.29. The summed E-state index contributed by atoms with van der Waals surface area (Å²) in [7, 11) is 1.58. The predicted molar refractivity (Wildman–Crippen MR) is 69.6 cm³/mol. The quantitative estimate of drug-likeness (QED) is 0.344. The fraction of sp³-hybridized carbons (Fsp3) is 0.857. The second kappa shape index (κ2) is 11.9. The second-order valence-corrected chi connectivity index (χ2v) is 4.29. The van der Waals surface area contributed by atoms with Crippen LogP contribution in [-0.4, -0.2) is 31.2 Å². The number of aliphatic hydroxyl groups is 1. The summed E-state index contributed by atoms with van der Waals surface area (Å²) >= 11 is 0. The molecule has 17 heavy (non-hydrogen) atoms. The number of hydrogen-bond donors (Lipinski definition) is 1. The van der Waals surface area contributed by atoms with Crippen molar-refractivity contribution in [3.05, 3.63) is 0 Å². The van der Waals surface area contributed by atoms with Crippen LogP contribution in [0.1, 0.15) is 51.9 Å². The van der Waals surface area contributed by atoms with Gasteiger partial charge in [0.25, 0.3) is 0 Å². The van der Waals surface area contributed by atoms with Crippen molar-refractivity contribution in [1.82, 2.24) is 0 Å². The number of hydrogen-bond acceptors (Lipinski definition) is 3. The Morgan fingerprint density at radius 3 is 2.53 bits per heavy atom. The van der Waals surface area contributed by atoms with Gasteiger partial charge in [0.1, 0.15) is 6.79 Å². The maximum absolute atomic E-state index is 9.82. The first-order valence-electron chi connectivity index (χ1n) is 6.48. The lowest BCUT2D eigenvalue weighted by Gasteiger charge is -2.21. The molecule has 0 aliphatic carbocycles. The Hall–Kier alpha value is -0.560.